The van der Waals surface area contributed by atoms with Gasteiger partial charge in [-0.1, -0.05) is 30.3 Å². The van der Waals surface area contributed by atoms with Gasteiger partial charge in [-0.25, -0.2) is 0 Å². The minimum absolute atomic E-state index is 0.152. The Labute approximate surface area is 212 Å². The lowest BCUT2D eigenvalue weighted by molar-refractivity contribution is -0.136. The Kier molecular flexibility index (Phi) is 3.05. The molecule has 2 aromatic carbocycles. The maximum atomic E-state index is 13.4. The van der Waals surface area contributed by atoms with E-state index in [1.165, 1.54) is 30.3 Å². The van der Waals surface area contributed by atoms with Crippen LogP contribution in [0.1, 0.15) is 59.1 Å². The number of piperidine rings is 1. The first-order chi connectivity index (χ1) is 21.3. The second-order valence-electron chi connectivity index (χ2n) is 7.25. The van der Waals surface area contributed by atoms with Crippen LogP contribution in [0, 0.1) is 0 Å². The molecule has 8 heteroatoms. The molecule has 3 heterocycles. The summed E-state index contributed by atoms with van der Waals surface area (Å²) in [5.41, 5.74) is -2.20. The number of anilines is 1. The Morgan fingerprint density at radius 3 is 2.67 bits per heavy atom. The smallest absolute Gasteiger partial charge is 0.255 e. The summed E-state index contributed by atoms with van der Waals surface area (Å²) in [5, 5.41) is 4.53. The fourth-order valence-electron chi connectivity index (χ4n) is 3.60. The van der Waals surface area contributed by atoms with Gasteiger partial charge in [-0.05, 0) is 29.7 Å². The van der Waals surface area contributed by atoms with Crippen molar-refractivity contribution in [1.82, 2.24) is 15.1 Å². The van der Waals surface area contributed by atoms with Crippen molar-refractivity contribution in [2.75, 3.05) is 31.4 Å². The summed E-state index contributed by atoms with van der Waals surface area (Å²) in [4.78, 5) is 38.0. The van der Waals surface area contributed by atoms with E-state index in [1.54, 1.807) is 0 Å². The molecule has 0 spiro atoms. The average Bonchev–Trinajstić information content (AvgIpc) is 3.12. The molecule has 8 nitrogen and oxygen atoms in total. The third-order valence-electron chi connectivity index (χ3n) is 5.18. The molecule has 2 aromatic rings. The molecule has 2 saturated heterocycles. The van der Waals surface area contributed by atoms with Gasteiger partial charge in [0.1, 0.15) is 6.04 Å². The molecule has 2 N–H and O–H groups in total. The van der Waals surface area contributed by atoms with Gasteiger partial charge in [0.15, 0.2) is 0 Å². The first kappa shape index (κ1) is 10.8. The molecule has 1 unspecified atom stereocenters. The van der Waals surface area contributed by atoms with Crippen LogP contribution in [-0.2, 0) is 33.8 Å². The fourth-order valence-corrected chi connectivity index (χ4v) is 3.60. The van der Waals surface area contributed by atoms with Gasteiger partial charge in [-0.15, -0.1) is 0 Å². The van der Waals surface area contributed by atoms with Gasteiger partial charge in [0, 0.05) is 63.9 Å². The highest BCUT2D eigenvalue weighted by molar-refractivity contribution is 6.06. The first-order valence-corrected chi connectivity index (χ1v) is 10.0. The van der Waals surface area contributed by atoms with Crippen LogP contribution in [-0.4, -0.2) is 59.7 Å². The van der Waals surface area contributed by atoms with E-state index in [-0.39, 0.29) is 34.6 Å². The number of nitrogens with one attached hydrogen (secondary N) is 2. The Morgan fingerprint density at radius 2 is 1.88 bits per heavy atom. The van der Waals surface area contributed by atoms with Crippen LogP contribution in [0.5, 0.6) is 0 Å². The predicted octanol–water partition coefficient (Wildman–Crippen LogP) is 1.89. The quantitative estimate of drug-likeness (QED) is 0.637. The SMILES string of the molecule is [2H]C([2H])(Nc1cccc2c1C([2H])([2H])N(C1CCC(=O)NC1=O)C2=O)c1ccccc1C([2H])([2H])N1C([2H])([2H])C([2H])([2H])OC([2H])([2H])C1([2H])[2H]. The number of hydrogen-bond acceptors (Lipinski definition) is 6. The molecule has 3 aliphatic rings. The topological polar surface area (TPSA) is 91.0 Å². The van der Waals surface area contributed by atoms with Gasteiger partial charge in [0.05, 0.1) is 24.1 Å². The number of rotatable bonds is 6. The van der Waals surface area contributed by atoms with Crippen LogP contribution >= 0.6 is 0 Å². The highest BCUT2D eigenvalue weighted by atomic mass is 16.5. The molecule has 0 radical (unpaired) electrons. The lowest BCUT2D eigenvalue weighted by atomic mass is 10.0. The lowest BCUT2D eigenvalue weighted by Gasteiger charge is -2.29. The van der Waals surface area contributed by atoms with E-state index in [2.05, 4.69) is 15.4 Å². The largest absolute Gasteiger partial charge is 0.381 e. The van der Waals surface area contributed by atoms with Crippen molar-refractivity contribution in [1.29, 1.82) is 0 Å². The number of hydrogen-bond donors (Lipinski definition) is 2. The fraction of sp³-hybridized carbons (Fsp3) is 0.400. The van der Waals surface area contributed by atoms with Crippen LogP contribution in [0.15, 0.2) is 42.5 Å². The van der Waals surface area contributed by atoms with Crippen molar-refractivity contribution in [3.63, 3.8) is 0 Å². The Hall–Kier alpha value is -3.23. The first-order valence-electron chi connectivity index (χ1n) is 17.0. The zero-order valence-electron chi connectivity index (χ0n) is 31.1. The Morgan fingerprint density at radius 1 is 1.09 bits per heavy atom. The number of ether oxygens (including phenoxy) is 1. The summed E-state index contributed by atoms with van der Waals surface area (Å²) in [6.07, 6.45) is -0.310. The molecule has 2 fully saturated rings. The molecule has 5 rings (SSSR count). The zero-order valence-corrected chi connectivity index (χ0v) is 17.1. The highest BCUT2D eigenvalue weighted by Crippen LogP contribution is 2.32. The molecule has 0 bridgehead atoms. The summed E-state index contributed by atoms with van der Waals surface area (Å²) in [6, 6.07) is 6.98. The number of amides is 3. The van der Waals surface area contributed by atoms with Gasteiger partial charge in [0.25, 0.3) is 5.91 Å². The number of carbonyl (C=O) groups excluding carboxylic acids is 3. The predicted molar refractivity (Wildman–Crippen MR) is 122 cm³/mol. The number of fused-ring (bicyclic) bond motifs is 1. The Bertz CT molecular complexity index is 1640. The monoisotopic (exact) mass is 462 g/mol. The van der Waals surface area contributed by atoms with Crippen molar-refractivity contribution in [3.05, 3.63) is 64.7 Å². The van der Waals surface area contributed by atoms with Gasteiger partial charge < -0.3 is 15.0 Å². The van der Waals surface area contributed by atoms with E-state index in [4.69, 9.17) is 19.2 Å². The third-order valence-corrected chi connectivity index (χ3v) is 5.18. The summed E-state index contributed by atoms with van der Waals surface area (Å²) < 4.78 is 123. The van der Waals surface area contributed by atoms with Crippen molar-refractivity contribution >= 4 is 23.4 Å². The van der Waals surface area contributed by atoms with Crippen LogP contribution in [0.4, 0.5) is 5.69 Å². The molecule has 0 aliphatic carbocycles. The number of benzene rings is 2. The van der Waals surface area contributed by atoms with Crippen LogP contribution in [0.3, 0.4) is 0 Å². The molecule has 1 atom stereocenters. The Balaban J connectivity index is 1.58. The minimum Gasteiger partial charge on any atom is -0.381 e. The standard InChI is InChI=1S/C25H28N4O4/c30-23-9-8-22(24(31)27-23)29-16-20-19(25(29)32)6-3-7-21(20)26-14-17-4-1-2-5-18(17)15-28-10-12-33-13-11-28/h1-7,22,26H,8-16H2,(H,27,30,31)/i10D2,11D2,12D2,13D2,14D2,15D2,16D2. The number of nitrogens with zero attached hydrogens (tertiary/aromatic N) is 2. The molecular weight excluding hydrogens is 420 g/mol. The highest BCUT2D eigenvalue weighted by Gasteiger charge is 2.39. The lowest BCUT2D eigenvalue weighted by Crippen LogP contribution is -2.52. The van der Waals surface area contributed by atoms with Crippen molar-refractivity contribution in [2.45, 2.75) is 38.4 Å². The second-order valence-corrected chi connectivity index (χ2v) is 7.25. The summed E-state index contributed by atoms with van der Waals surface area (Å²) >= 11 is 0. The third kappa shape index (κ3) is 4.49. The van der Waals surface area contributed by atoms with E-state index >= 15 is 0 Å². The van der Waals surface area contributed by atoms with E-state index in [1.807, 2.05) is 0 Å². The number of carbonyl (C=O) groups is 3. The van der Waals surface area contributed by atoms with Crippen molar-refractivity contribution < 1.29 is 38.3 Å². The van der Waals surface area contributed by atoms with Crippen LogP contribution in [0.25, 0.3) is 0 Å². The molecule has 3 amide bonds. The van der Waals surface area contributed by atoms with Gasteiger partial charge in [0.2, 0.25) is 11.8 Å². The maximum Gasteiger partial charge on any atom is 0.255 e. The molecule has 0 saturated carbocycles. The molecule has 0 aromatic heterocycles. The van der Waals surface area contributed by atoms with Gasteiger partial charge in [-0.3, -0.25) is 24.6 Å². The number of morpholine rings is 1. The second kappa shape index (κ2) is 9.33. The minimum atomic E-state index is -3.66. The van der Waals surface area contributed by atoms with Gasteiger partial charge in [-0.2, -0.15) is 0 Å². The van der Waals surface area contributed by atoms with Crippen molar-refractivity contribution in [2.24, 2.45) is 0 Å². The normalized spacial score (nSPS) is 35.9. The van der Waals surface area contributed by atoms with Crippen LogP contribution in [0.2, 0.25) is 0 Å². The molecule has 172 valence electrons. The average molecular weight is 463 g/mol. The van der Waals surface area contributed by atoms with E-state index in [9.17, 15) is 14.4 Å². The van der Waals surface area contributed by atoms with Gasteiger partial charge >= 0.3 is 0 Å². The number of imide groups is 1. The molecule has 33 heavy (non-hydrogen) atoms. The summed E-state index contributed by atoms with van der Waals surface area (Å²) in [5.74, 6) is -2.37. The maximum absolute atomic E-state index is 13.4. The zero-order chi connectivity index (χ0) is 35.3. The van der Waals surface area contributed by atoms with E-state index < -0.39 is 80.5 Å². The molecule has 3 aliphatic heterocycles. The van der Waals surface area contributed by atoms with Crippen LogP contribution < -0.4 is 10.6 Å². The van der Waals surface area contributed by atoms with E-state index in [0.717, 1.165) is 12.1 Å². The molecular formula is C25H28N4O4. The van der Waals surface area contributed by atoms with Crippen molar-refractivity contribution in [3.8, 4) is 0 Å². The summed E-state index contributed by atoms with van der Waals surface area (Å²) in [6.45, 7) is -23.6. The summed E-state index contributed by atoms with van der Waals surface area (Å²) in [7, 11) is 0. The van der Waals surface area contributed by atoms with E-state index in [0.29, 0.717) is 4.90 Å².